The third kappa shape index (κ3) is 3.87. The summed E-state index contributed by atoms with van der Waals surface area (Å²) in [7, 11) is 0. The van der Waals surface area contributed by atoms with Gasteiger partial charge < -0.3 is 14.8 Å². The minimum absolute atomic E-state index is 0.303. The fraction of sp³-hybridized carbons (Fsp3) is 0.440. The maximum Gasteiger partial charge on any atom is 0.228 e. The molecule has 32 heavy (non-hydrogen) atoms. The molecule has 1 saturated heterocycles. The third-order valence-corrected chi connectivity index (χ3v) is 6.68. The minimum atomic E-state index is 0.303. The molecule has 1 N–H and O–H groups in total. The summed E-state index contributed by atoms with van der Waals surface area (Å²) in [6.07, 6.45) is 8.20. The first-order valence-corrected chi connectivity index (χ1v) is 11.6. The molecule has 0 saturated carbocycles. The number of rotatable bonds is 5. The molecule has 4 heterocycles. The van der Waals surface area contributed by atoms with Crippen LogP contribution in [0.15, 0.2) is 43.0 Å². The zero-order valence-corrected chi connectivity index (χ0v) is 19.3. The Morgan fingerprint density at radius 2 is 1.75 bits per heavy atom. The van der Waals surface area contributed by atoms with E-state index in [0.29, 0.717) is 12.0 Å². The van der Waals surface area contributed by atoms with Gasteiger partial charge in [-0.1, -0.05) is 13.8 Å². The Morgan fingerprint density at radius 1 is 0.938 bits per heavy atom. The van der Waals surface area contributed by atoms with Gasteiger partial charge in [0.15, 0.2) is 0 Å². The number of piperidine rings is 1. The van der Waals surface area contributed by atoms with Gasteiger partial charge >= 0.3 is 0 Å². The number of benzene rings is 1. The molecule has 0 bridgehead atoms. The average molecular weight is 430 g/mol. The second kappa shape index (κ2) is 8.37. The molecule has 7 heteroatoms. The highest BCUT2D eigenvalue weighted by Gasteiger charge is 2.22. The van der Waals surface area contributed by atoms with E-state index in [4.69, 9.17) is 4.98 Å². The molecule has 1 aliphatic heterocycles. The lowest BCUT2D eigenvalue weighted by Crippen LogP contribution is -2.35. The predicted octanol–water partition coefficient (Wildman–Crippen LogP) is 5.57. The second-order valence-electron chi connectivity index (χ2n) is 9.41. The van der Waals surface area contributed by atoms with Crippen LogP contribution in [0.3, 0.4) is 0 Å². The first-order valence-electron chi connectivity index (χ1n) is 11.6. The Kier molecular flexibility index (Phi) is 5.41. The molecule has 1 fully saturated rings. The Balaban J connectivity index is 1.36. The van der Waals surface area contributed by atoms with Crippen molar-refractivity contribution in [3.05, 3.63) is 43.0 Å². The lowest BCUT2D eigenvalue weighted by atomic mass is 9.86. The summed E-state index contributed by atoms with van der Waals surface area (Å²) in [5.41, 5.74) is 4.06. The van der Waals surface area contributed by atoms with E-state index >= 15 is 0 Å². The van der Waals surface area contributed by atoms with Crippen LogP contribution in [0, 0.1) is 11.8 Å². The molecule has 0 atom stereocenters. The SMILES string of the molecule is CC(C)C1CCN(c2ccc(Nc3ncc4ccc5ncn(C(C)C)c5c4n3)nc2)CC1. The van der Waals surface area contributed by atoms with Crippen molar-refractivity contribution in [3.8, 4) is 0 Å². The fourth-order valence-corrected chi connectivity index (χ4v) is 4.65. The number of hydrogen-bond acceptors (Lipinski definition) is 6. The van der Waals surface area contributed by atoms with Gasteiger partial charge in [0.2, 0.25) is 5.95 Å². The number of aromatic nitrogens is 5. The molecule has 0 radical (unpaired) electrons. The van der Waals surface area contributed by atoms with Gasteiger partial charge in [-0.25, -0.2) is 19.9 Å². The van der Waals surface area contributed by atoms with Gasteiger partial charge in [-0.2, -0.15) is 0 Å². The van der Waals surface area contributed by atoms with Crippen molar-refractivity contribution in [2.75, 3.05) is 23.3 Å². The Bertz CT molecular complexity index is 1220. The zero-order valence-electron chi connectivity index (χ0n) is 19.3. The van der Waals surface area contributed by atoms with Gasteiger partial charge in [0, 0.05) is 30.7 Å². The number of nitrogens with zero attached hydrogens (tertiary/aromatic N) is 6. The Hall–Kier alpha value is -3.22. The lowest BCUT2D eigenvalue weighted by Gasteiger charge is -2.35. The van der Waals surface area contributed by atoms with Crippen LogP contribution in [0.4, 0.5) is 17.5 Å². The van der Waals surface area contributed by atoms with Crippen LogP contribution in [0.25, 0.3) is 21.9 Å². The highest BCUT2D eigenvalue weighted by atomic mass is 15.2. The van der Waals surface area contributed by atoms with E-state index in [9.17, 15) is 0 Å². The van der Waals surface area contributed by atoms with Gasteiger partial charge in [-0.05, 0) is 62.8 Å². The number of fused-ring (bicyclic) bond motifs is 3. The van der Waals surface area contributed by atoms with Crippen molar-refractivity contribution >= 4 is 39.4 Å². The van der Waals surface area contributed by atoms with Crippen molar-refractivity contribution < 1.29 is 0 Å². The molecule has 3 aromatic heterocycles. The van der Waals surface area contributed by atoms with Gasteiger partial charge in [-0.15, -0.1) is 0 Å². The molecule has 0 unspecified atom stereocenters. The van der Waals surface area contributed by atoms with Crippen LogP contribution < -0.4 is 10.2 Å². The van der Waals surface area contributed by atoms with E-state index in [-0.39, 0.29) is 0 Å². The first kappa shape index (κ1) is 20.7. The maximum atomic E-state index is 4.82. The number of anilines is 3. The van der Waals surface area contributed by atoms with E-state index in [1.165, 1.54) is 18.5 Å². The Labute approximate surface area is 188 Å². The molecule has 0 spiro atoms. The van der Waals surface area contributed by atoms with Gasteiger partial charge in [-0.3, -0.25) is 0 Å². The summed E-state index contributed by atoms with van der Waals surface area (Å²) >= 11 is 0. The predicted molar refractivity (Wildman–Crippen MR) is 131 cm³/mol. The van der Waals surface area contributed by atoms with E-state index in [1.54, 1.807) is 0 Å². The summed E-state index contributed by atoms with van der Waals surface area (Å²) in [6.45, 7) is 11.2. The molecule has 0 aliphatic carbocycles. The van der Waals surface area contributed by atoms with Crippen LogP contribution in [0.5, 0.6) is 0 Å². The van der Waals surface area contributed by atoms with Gasteiger partial charge in [0.1, 0.15) is 11.3 Å². The zero-order chi connectivity index (χ0) is 22.2. The monoisotopic (exact) mass is 429 g/mol. The molecule has 7 nitrogen and oxygen atoms in total. The fourth-order valence-electron chi connectivity index (χ4n) is 4.65. The van der Waals surface area contributed by atoms with E-state index in [2.05, 4.69) is 63.5 Å². The molecule has 4 aromatic rings. The van der Waals surface area contributed by atoms with E-state index < -0.39 is 0 Å². The van der Waals surface area contributed by atoms with Crippen molar-refractivity contribution in [1.82, 2.24) is 24.5 Å². The van der Waals surface area contributed by atoms with Crippen LogP contribution in [0.2, 0.25) is 0 Å². The van der Waals surface area contributed by atoms with Crippen LogP contribution in [0.1, 0.15) is 46.6 Å². The van der Waals surface area contributed by atoms with Crippen molar-refractivity contribution in [2.45, 2.75) is 46.6 Å². The standard InChI is InChI=1S/C25H31N7/c1-16(2)18-9-11-31(12-10-18)20-6-8-22(26-14-20)29-25-27-13-19-5-7-21-24(23(19)30-25)32(15-28-21)17(3)4/h5-8,13-18H,9-12H2,1-4H3,(H,26,27,29,30). The summed E-state index contributed by atoms with van der Waals surface area (Å²) in [6, 6.07) is 8.50. The van der Waals surface area contributed by atoms with Crippen LogP contribution in [-0.2, 0) is 0 Å². The third-order valence-electron chi connectivity index (χ3n) is 6.68. The minimum Gasteiger partial charge on any atom is -0.370 e. The molecule has 1 aliphatic rings. The van der Waals surface area contributed by atoms with Crippen molar-refractivity contribution in [1.29, 1.82) is 0 Å². The molecule has 166 valence electrons. The molecule has 1 aromatic carbocycles. The van der Waals surface area contributed by atoms with E-state index in [0.717, 1.165) is 52.7 Å². The average Bonchev–Trinajstić information content (AvgIpc) is 3.25. The highest BCUT2D eigenvalue weighted by molar-refractivity contribution is 6.02. The second-order valence-corrected chi connectivity index (χ2v) is 9.41. The van der Waals surface area contributed by atoms with Crippen LogP contribution in [-0.4, -0.2) is 37.6 Å². The lowest BCUT2D eigenvalue weighted by molar-refractivity contribution is 0.311. The summed E-state index contributed by atoms with van der Waals surface area (Å²) in [4.78, 5) is 20.9. The molecular formula is C25H31N7. The quantitative estimate of drug-likeness (QED) is 0.447. The molecule has 5 rings (SSSR count). The van der Waals surface area contributed by atoms with Crippen molar-refractivity contribution in [3.63, 3.8) is 0 Å². The summed E-state index contributed by atoms with van der Waals surface area (Å²) < 4.78 is 2.16. The first-order chi connectivity index (χ1) is 15.5. The van der Waals surface area contributed by atoms with Crippen molar-refractivity contribution in [2.24, 2.45) is 11.8 Å². The smallest absolute Gasteiger partial charge is 0.228 e. The highest BCUT2D eigenvalue weighted by Crippen LogP contribution is 2.29. The van der Waals surface area contributed by atoms with Gasteiger partial charge in [0.05, 0.1) is 29.2 Å². The maximum absolute atomic E-state index is 4.82. The topological polar surface area (TPSA) is 71.8 Å². The van der Waals surface area contributed by atoms with Gasteiger partial charge in [0.25, 0.3) is 0 Å². The molecule has 0 amide bonds. The molecular weight excluding hydrogens is 398 g/mol. The summed E-state index contributed by atoms with van der Waals surface area (Å²) in [5.74, 6) is 2.89. The number of pyridine rings is 1. The van der Waals surface area contributed by atoms with E-state index in [1.807, 2.05) is 36.9 Å². The van der Waals surface area contributed by atoms with Crippen LogP contribution >= 0.6 is 0 Å². The number of imidazole rings is 1. The Morgan fingerprint density at radius 3 is 2.44 bits per heavy atom. The number of hydrogen-bond donors (Lipinski definition) is 1. The largest absolute Gasteiger partial charge is 0.370 e. The normalized spacial score (nSPS) is 15.4. The number of nitrogens with one attached hydrogen (secondary N) is 1. The summed E-state index contributed by atoms with van der Waals surface area (Å²) in [5, 5.41) is 4.27.